The van der Waals surface area contributed by atoms with Crippen molar-refractivity contribution in [3.8, 4) is 0 Å². The van der Waals surface area contributed by atoms with Gasteiger partial charge in [0.15, 0.2) is 5.65 Å². The van der Waals surface area contributed by atoms with Gasteiger partial charge < -0.3 is 9.47 Å². The first-order valence-electron chi connectivity index (χ1n) is 16.1. The van der Waals surface area contributed by atoms with Crippen LogP contribution in [-0.2, 0) is 11.3 Å². The number of rotatable bonds is 10. The molecular formula is C38H38N6OS. The third-order valence-corrected chi connectivity index (χ3v) is 9.73. The Labute approximate surface area is 274 Å². The summed E-state index contributed by atoms with van der Waals surface area (Å²) in [5.41, 5.74) is 7.81. The molecule has 1 aliphatic heterocycles. The van der Waals surface area contributed by atoms with E-state index in [-0.39, 0.29) is 11.9 Å². The first-order chi connectivity index (χ1) is 22.6. The van der Waals surface area contributed by atoms with E-state index >= 15 is 0 Å². The average molecular weight is 627 g/mol. The van der Waals surface area contributed by atoms with Gasteiger partial charge in [0.05, 0.1) is 11.6 Å². The van der Waals surface area contributed by atoms with Crippen LogP contribution in [0, 0.1) is 6.92 Å². The van der Waals surface area contributed by atoms with Gasteiger partial charge in [-0.05, 0) is 36.1 Å². The molecule has 1 amide bonds. The number of fused-ring (bicyclic) bond motifs is 3. The molecule has 0 spiro atoms. The van der Waals surface area contributed by atoms with E-state index in [1.165, 1.54) is 22.3 Å². The Bertz CT molecular complexity index is 1900. The second kappa shape index (κ2) is 13.8. The number of thioether (sulfide) groups is 1. The molecule has 1 aliphatic rings. The van der Waals surface area contributed by atoms with Crippen LogP contribution in [0.25, 0.3) is 22.1 Å². The maximum atomic E-state index is 13.2. The van der Waals surface area contributed by atoms with Crippen LogP contribution < -0.4 is 0 Å². The predicted octanol–water partition coefficient (Wildman–Crippen LogP) is 7.14. The summed E-state index contributed by atoms with van der Waals surface area (Å²) in [7, 11) is 0. The van der Waals surface area contributed by atoms with E-state index in [1.54, 1.807) is 11.8 Å². The Balaban J connectivity index is 0.963. The highest BCUT2D eigenvalue weighted by Gasteiger charge is 2.28. The number of carbonyl (C=O) groups excluding carboxylic acids is 1. The number of piperazine rings is 1. The van der Waals surface area contributed by atoms with E-state index < -0.39 is 0 Å². The van der Waals surface area contributed by atoms with Crippen molar-refractivity contribution >= 4 is 39.7 Å². The van der Waals surface area contributed by atoms with Gasteiger partial charge in [-0.2, -0.15) is 0 Å². The lowest BCUT2D eigenvalue weighted by atomic mass is 9.96. The van der Waals surface area contributed by atoms with Gasteiger partial charge in [0.25, 0.3) is 0 Å². The number of carbonyl (C=O) groups is 1. The van der Waals surface area contributed by atoms with Crippen LogP contribution in [0.3, 0.4) is 0 Å². The molecule has 0 N–H and O–H groups in total. The summed E-state index contributed by atoms with van der Waals surface area (Å²) in [4.78, 5) is 22.7. The molecule has 0 radical (unpaired) electrons. The summed E-state index contributed by atoms with van der Waals surface area (Å²) in [5.74, 6) is 0.991. The number of aromatic nitrogens is 4. The summed E-state index contributed by atoms with van der Waals surface area (Å²) in [5, 5.41) is 10.8. The van der Waals surface area contributed by atoms with E-state index in [1.807, 2.05) is 11.0 Å². The van der Waals surface area contributed by atoms with Gasteiger partial charge in [0.1, 0.15) is 5.52 Å². The predicted molar refractivity (Wildman–Crippen MR) is 186 cm³/mol. The molecule has 0 saturated carbocycles. The molecule has 4 aromatic carbocycles. The molecular weight excluding hydrogens is 589 g/mol. The van der Waals surface area contributed by atoms with Crippen LogP contribution in [0.2, 0.25) is 0 Å². The zero-order valence-corrected chi connectivity index (χ0v) is 26.9. The van der Waals surface area contributed by atoms with Gasteiger partial charge in [0.2, 0.25) is 11.1 Å². The Morgan fingerprint density at radius 2 is 1.50 bits per heavy atom. The fourth-order valence-electron chi connectivity index (χ4n) is 6.56. The van der Waals surface area contributed by atoms with Gasteiger partial charge in [-0.25, -0.2) is 4.98 Å². The fourth-order valence-corrected chi connectivity index (χ4v) is 7.28. The summed E-state index contributed by atoms with van der Waals surface area (Å²) >= 11 is 1.57. The summed E-state index contributed by atoms with van der Waals surface area (Å²) in [6, 6.07) is 38.4. The van der Waals surface area contributed by atoms with Gasteiger partial charge in [0, 0.05) is 50.3 Å². The SMILES string of the molecule is Cc1cccc(Cn2c3ccccc3c3nnc(SCCCC(=O)N4CCN(C(c5ccccc5)c5ccccc5)CC4)nc32)c1. The van der Waals surface area contributed by atoms with Crippen molar-refractivity contribution in [2.24, 2.45) is 0 Å². The van der Waals surface area contributed by atoms with Crippen LogP contribution >= 0.6 is 11.8 Å². The Hall–Kier alpha value is -4.53. The van der Waals surface area contributed by atoms with E-state index in [0.717, 1.165) is 60.4 Å². The maximum Gasteiger partial charge on any atom is 0.222 e. The van der Waals surface area contributed by atoms with Crippen molar-refractivity contribution in [3.05, 3.63) is 131 Å². The molecule has 0 aliphatic carbocycles. The molecule has 2 aromatic heterocycles. The first kappa shape index (κ1) is 30.1. The number of aryl methyl sites for hydroxylation is 1. The minimum absolute atomic E-state index is 0.192. The van der Waals surface area contributed by atoms with Crippen molar-refractivity contribution in [1.82, 2.24) is 29.5 Å². The maximum absolute atomic E-state index is 13.2. The van der Waals surface area contributed by atoms with Gasteiger partial charge in [-0.1, -0.05) is 120 Å². The molecule has 0 atom stereocenters. The fraction of sp³-hybridized carbons (Fsp3) is 0.263. The van der Waals surface area contributed by atoms with Crippen LogP contribution in [0.15, 0.2) is 114 Å². The van der Waals surface area contributed by atoms with Gasteiger partial charge >= 0.3 is 0 Å². The zero-order valence-electron chi connectivity index (χ0n) is 26.1. The molecule has 1 fully saturated rings. The molecule has 7 rings (SSSR count). The molecule has 1 saturated heterocycles. The van der Waals surface area contributed by atoms with Crippen molar-refractivity contribution in [1.29, 1.82) is 0 Å². The normalized spacial score (nSPS) is 14.0. The lowest BCUT2D eigenvalue weighted by molar-refractivity contribution is -0.133. The minimum atomic E-state index is 0.192. The number of hydrogen-bond acceptors (Lipinski definition) is 6. The first-order valence-corrected chi connectivity index (χ1v) is 17.0. The van der Waals surface area contributed by atoms with Gasteiger partial charge in [-0.15, -0.1) is 10.2 Å². The number of benzene rings is 4. The van der Waals surface area contributed by atoms with Crippen LogP contribution in [-0.4, -0.2) is 67.4 Å². The minimum Gasteiger partial charge on any atom is -0.340 e. The van der Waals surface area contributed by atoms with Gasteiger partial charge in [-0.3, -0.25) is 9.69 Å². The van der Waals surface area contributed by atoms with Crippen LogP contribution in [0.4, 0.5) is 0 Å². The number of nitrogens with zero attached hydrogens (tertiary/aromatic N) is 6. The molecule has 0 unspecified atom stereocenters. The van der Waals surface area contributed by atoms with Crippen molar-refractivity contribution in [3.63, 3.8) is 0 Å². The average Bonchev–Trinajstić information content (AvgIpc) is 3.40. The smallest absolute Gasteiger partial charge is 0.222 e. The van der Waals surface area contributed by atoms with E-state index in [2.05, 4.69) is 130 Å². The zero-order chi connectivity index (χ0) is 31.3. The molecule has 8 heteroatoms. The monoisotopic (exact) mass is 626 g/mol. The third-order valence-electron chi connectivity index (χ3n) is 8.81. The summed E-state index contributed by atoms with van der Waals surface area (Å²) in [6.07, 6.45) is 1.30. The summed E-state index contributed by atoms with van der Waals surface area (Å²) in [6.45, 7) is 6.03. The second-order valence-corrected chi connectivity index (χ2v) is 13.0. The Morgan fingerprint density at radius 3 is 2.22 bits per heavy atom. The Kier molecular flexibility index (Phi) is 9.08. The second-order valence-electron chi connectivity index (χ2n) is 12.0. The molecule has 6 aromatic rings. The topological polar surface area (TPSA) is 67.2 Å². The highest BCUT2D eigenvalue weighted by atomic mass is 32.2. The lowest BCUT2D eigenvalue weighted by Gasteiger charge is -2.40. The van der Waals surface area contributed by atoms with E-state index in [0.29, 0.717) is 18.1 Å². The van der Waals surface area contributed by atoms with Crippen molar-refractivity contribution < 1.29 is 4.79 Å². The summed E-state index contributed by atoms with van der Waals surface area (Å²) < 4.78 is 2.24. The van der Waals surface area contributed by atoms with Crippen LogP contribution in [0.1, 0.15) is 41.1 Å². The highest BCUT2D eigenvalue weighted by molar-refractivity contribution is 7.99. The standard InChI is InChI=1S/C38H38N6OS/c1-28-12-10-13-29(26-28)27-44-33-19-9-8-18-32(33)35-37(44)39-38(41-40-35)46-25-11-20-34(45)42-21-23-43(24-22-42)36(30-14-4-2-5-15-30)31-16-6-3-7-17-31/h2-10,12-19,26,36H,11,20-25,27H2,1H3. The third kappa shape index (κ3) is 6.55. The molecule has 232 valence electrons. The molecule has 46 heavy (non-hydrogen) atoms. The van der Waals surface area contributed by atoms with Crippen LogP contribution in [0.5, 0.6) is 0 Å². The molecule has 0 bridgehead atoms. The molecule has 3 heterocycles. The highest BCUT2D eigenvalue weighted by Crippen LogP contribution is 2.30. The lowest BCUT2D eigenvalue weighted by Crippen LogP contribution is -2.49. The van der Waals surface area contributed by atoms with E-state index in [4.69, 9.17) is 4.98 Å². The number of hydrogen-bond donors (Lipinski definition) is 0. The van der Waals surface area contributed by atoms with E-state index in [9.17, 15) is 4.79 Å². The number of para-hydroxylation sites is 1. The molecule has 7 nitrogen and oxygen atoms in total. The van der Waals surface area contributed by atoms with Crippen molar-refractivity contribution in [2.45, 2.75) is 37.5 Å². The quantitative estimate of drug-likeness (QED) is 0.119. The Morgan fingerprint density at radius 1 is 0.804 bits per heavy atom. The van der Waals surface area contributed by atoms with Crippen molar-refractivity contribution in [2.75, 3.05) is 31.9 Å². The largest absolute Gasteiger partial charge is 0.340 e. The number of amides is 1.